The van der Waals surface area contributed by atoms with Crippen molar-refractivity contribution in [1.29, 1.82) is 0 Å². The summed E-state index contributed by atoms with van der Waals surface area (Å²) in [6.45, 7) is 3.76. The number of alkyl halides is 3. The van der Waals surface area contributed by atoms with Gasteiger partial charge in [-0.05, 0) is 49.2 Å². The molecule has 0 bridgehead atoms. The number of nitrogens with zero attached hydrogens (tertiary/aromatic N) is 1. The zero-order valence-electron chi connectivity index (χ0n) is 16.6. The average Bonchev–Trinajstić information content (AvgIpc) is 3.05. The van der Waals surface area contributed by atoms with Gasteiger partial charge in [-0.3, -0.25) is 0 Å². The molecule has 3 aromatic rings. The molecule has 1 aliphatic heterocycles. The maximum atomic E-state index is 10.6. The summed E-state index contributed by atoms with van der Waals surface area (Å²) in [5, 5.41) is 12.1. The number of hydrogen-bond acceptors (Lipinski definition) is 3. The Balaban J connectivity index is 0.000000339. The third-order valence-corrected chi connectivity index (χ3v) is 5.36. The van der Waals surface area contributed by atoms with E-state index >= 15 is 0 Å². The van der Waals surface area contributed by atoms with Gasteiger partial charge in [-0.1, -0.05) is 40.2 Å². The molecule has 166 valence electrons. The first kappa shape index (κ1) is 23.1. The van der Waals surface area contributed by atoms with Gasteiger partial charge in [-0.25, -0.2) is 4.79 Å². The van der Waals surface area contributed by atoms with Gasteiger partial charge < -0.3 is 19.7 Å². The van der Waals surface area contributed by atoms with E-state index in [0.717, 1.165) is 49.3 Å². The van der Waals surface area contributed by atoms with Crippen molar-refractivity contribution in [3.05, 3.63) is 64.3 Å². The maximum absolute atomic E-state index is 10.6. The second-order valence-electron chi connectivity index (χ2n) is 6.98. The highest BCUT2D eigenvalue weighted by Gasteiger charge is 2.38. The van der Waals surface area contributed by atoms with Gasteiger partial charge in [0.2, 0.25) is 0 Å². The van der Waals surface area contributed by atoms with Crippen molar-refractivity contribution in [2.24, 2.45) is 0 Å². The van der Waals surface area contributed by atoms with Crippen molar-refractivity contribution < 1.29 is 27.8 Å². The fraction of sp³-hybridized carbons (Fsp3) is 0.318. The highest BCUT2D eigenvalue weighted by atomic mass is 79.9. The van der Waals surface area contributed by atoms with Crippen LogP contribution in [0.5, 0.6) is 5.75 Å². The van der Waals surface area contributed by atoms with Crippen molar-refractivity contribution in [2.75, 3.05) is 13.2 Å². The van der Waals surface area contributed by atoms with E-state index in [2.05, 4.69) is 50.1 Å². The number of carbonyl (C=O) groups is 1. The average molecular weight is 499 g/mol. The molecule has 1 aliphatic rings. The summed E-state index contributed by atoms with van der Waals surface area (Å²) in [5.41, 5.74) is 4.33. The van der Waals surface area contributed by atoms with E-state index in [4.69, 9.17) is 14.6 Å². The van der Waals surface area contributed by atoms with Crippen LogP contribution in [0.4, 0.5) is 13.2 Å². The Hall–Kier alpha value is -2.52. The molecule has 0 fully saturated rings. The van der Waals surface area contributed by atoms with E-state index in [0.29, 0.717) is 0 Å². The lowest BCUT2D eigenvalue weighted by Gasteiger charge is -2.17. The van der Waals surface area contributed by atoms with Crippen LogP contribution < -0.4 is 10.1 Å². The first-order valence-electron chi connectivity index (χ1n) is 9.75. The third kappa shape index (κ3) is 6.01. The number of ether oxygens (including phenoxy) is 1. The number of carboxylic acids is 1. The number of aliphatic carboxylic acids is 1. The Kier molecular flexibility index (Phi) is 7.61. The summed E-state index contributed by atoms with van der Waals surface area (Å²) in [4.78, 5) is 8.90. The zero-order valence-corrected chi connectivity index (χ0v) is 18.2. The summed E-state index contributed by atoms with van der Waals surface area (Å²) in [6, 6.07) is 16.8. The molecule has 2 aromatic carbocycles. The molecule has 0 unspecified atom stereocenters. The topological polar surface area (TPSA) is 63.5 Å². The van der Waals surface area contributed by atoms with E-state index in [9.17, 15) is 13.2 Å². The molecule has 2 heterocycles. The van der Waals surface area contributed by atoms with Crippen LogP contribution >= 0.6 is 15.9 Å². The van der Waals surface area contributed by atoms with E-state index in [1.807, 2.05) is 24.3 Å². The van der Waals surface area contributed by atoms with Crippen LogP contribution in [-0.2, 0) is 24.3 Å². The lowest BCUT2D eigenvalue weighted by atomic mass is 10.1. The number of aryl methyl sites for hydroxylation is 1. The molecule has 5 nitrogen and oxygen atoms in total. The Morgan fingerprint density at radius 2 is 1.94 bits per heavy atom. The molecule has 0 radical (unpaired) electrons. The molecule has 0 saturated carbocycles. The summed E-state index contributed by atoms with van der Waals surface area (Å²) in [7, 11) is 0. The standard InChI is InChI=1S/C20H21BrN2O.C2HF3O2/c21-15-5-3-6-16(13-15)24-12-4-11-23-19-8-2-1-7-17(19)18-9-10-22-14-20(18)23;3-2(4,5)1(6)7/h1-3,5-8,13,22H,4,9-12,14H2;(H,6,7). The smallest absolute Gasteiger partial charge is 0.490 e. The van der Waals surface area contributed by atoms with Gasteiger partial charge in [0.05, 0.1) is 6.61 Å². The number of halogens is 4. The molecule has 0 amide bonds. The molecule has 2 N–H and O–H groups in total. The Bertz CT molecular complexity index is 1050. The van der Waals surface area contributed by atoms with Gasteiger partial charge >= 0.3 is 12.1 Å². The fourth-order valence-electron chi connectivity index (χ4n) is 3.55. The predicted octanol–water partition coefficient (Wildman–Crippen LogP) is 5.15. The molecule has 9 heteroatoms. The molecular formula is C22H22BrF3N2O3. The lowest BCUT2D eigenvalue weighted by Crippen LogP contribution is -2.25. The normalized spacial score (nSPS) is 13.3. The molecule has 0 spiro atoms. The maximum Gasteiger partial charge on any atom is 0.490 e. The van der Waals surface area contributed by atoms with Crippen LogP contribution in [0.1, 0.15) is 17.7 Å². The zero-order chi connectivity index (χ0) is 22.4. The largest absolute Gasteiger partial charge is 0.493 e. The van der Waals surface area contributed by atoms with E-state index in [-0.39, 0.29) is 0 Å². The van der Waals surface area contributed by atoms with Crippen molar-refractivity contribution in [1.82, 2.24) is 9.88 Å². The molecule has 4 rings (SSSR count). The number of rotatable bonds is 5. The minimum Gasteiger partial charge on any atom is -0.493 e. The quantitative estimate of drug-likeness (QED) is 0.477. The van der Waals surface area contributed by atoms with Crippen LogP contribution in [0.15, 0.2) is 53.0 Å². The number of hydrogen-bond donors (Lipinski definition) is 2. The molecule has 1 aromatic heterocycles. The lowest BCUT2D eigenvalue weighted by molar-refractivity contribution is -0.192. The van der Waals surface area contributed by atoms with Gasteiger partial charge in [-0.2, -0.15) is 13.2 Å². The molecular weight excluding hydrogens is 477 g/mol. The Morgan fingerprint density at radius 3 is 2.65 bits per heavy atom. The van der Waals surface area contributed by atoms with Crippen molar-refractivity contribution in [2.45, 2.75) is 32.1 Å². The highest BCUT2D eigenvalue weighted by molar-refractivity contribution is 9.10. The van der Waals surface area contributed by atoms with Gasteiger partial charge in [-0.15, -0.1) is 0 Å². The van der Waals surface area contributed by atoms with Crippen LogP contribution in [0, 0.1) is 0 Å². The van der Waals surface area contributed by atoms with Gasteiger partial charge in [0.25, 0.3) is 0 Å². The number of nitrogens with one attached hydrogen (secondary N) is 1. The molecule has 31 heavy (non-hydrogen) atoms. The van der Waals surface area contributed by atoms with E-state index in [1.54, 1.807) is 0 Å². The highest BCUT2D eigenvalue weighted by Crippen LogP contribution is 2.29. The van der Waals surface area contributed by atoms with Gasteiger partial charge in [0, 0.05) is 34.2 Å². The first-order valence-corrected chi connectivity index (χ1v) is 10.5. The molecule has 0 aliphatic carbocycles. The Morgan fingerprint density at radius 1 is 1.19 bits per heavy atom. The SMILES string of the molecule is Brc1cccc(OCCCn2c3c(c4ccccc42)CCNC3)c1.O=C(O)C(F)(F)F. The number of fused-ring (bicyclic) bond motifs is 3. The minimum absolute atomic E-state index is 0.727. The minimum atomic E-state index is -5.08. The van der Waals surface area contributed by atoms with Crippen LogP contribution in [0.25, 0.3) is 10.9 Å². The second-order valence-corrected chi connectivity index (χ2v) is 7.90. The Labute approximate surface area is 185 Å². The van der Waals surface area contributed by atoms with E-state index in [1.165, 1.54) is 22.2 Å². The predicted molar refractivity (Wildman–Crippen MR) is 115 cm³/mol. The van der Waals surface area contributed by atoms with Crippen molar-refractivity contribution in [3.8, 4) is 5.75 Å². The second kappa shape index (κ2) is 10.2. The van der Waals surface area contributed by atoms with Crippen LogP contribution in [0.3, 0.4) is 0 Å². The van der Waals surface area contributed by atoms with E-state index < -0.39 is 12.1 Å². The number of benzene rings is 2. The number of carboxylic acid groups (broad SMARTS) is 1. The van der Waals surface area contributed by atoms with Gasteiger partial charge in [0.1, 0.15) is 5.75 Å². The summed E-state index contributed by atoms with van der Waals surface area (Å²) in [5.74, 6) is -1.84. The fourth-order valence-corrected chi connectivity index (χ4v) is 3.93. The molecule has 0 saturated heterocycles. The van der Waals surface area contributed by atoms with Crippen LogP contribution in [0.2, 0.25) is 0 Å². The third-order valence-electron chi connectivity index (χ3n) is 4.87. The van der Waals surface area contributed by atoms with Crippen molar-refractivity contribution >= 4 is 32.8 Å². The summed E-state index contributed by atoms with van der Waals surface area (Å²) >= 11 is 3.48. The number of para-hydroxylation sites is 1. The molecule has 0 atom stereocenters. The summed E-state index contributed by atoms with van der Waals surface area (Å²) < 4.78 is 41.1. The van der Waals surface area contributed by atoms with Crippen LogP contribution in [-0.4, -0.2) is 35.0 Å². The van der Waals surface area contributed by atoms with Gasteiger partial charge in [0.15, 0.2) is 0 Å². The monoisotopic (exact) mass is 498 g/mol. The number of aromatic nitrogens is 1. The first-order chi connectivity index (χ1) is 14.8. The van der Waals surface area contributed by atoms with Crippen molar-refractivity contribution in [3.63, 3.8) is 0 Å². The summed E-state index contributed by atoms with van der Waals surface area (Å²) in [6.07, 6.45) is -2.96.